The fourth-order valence-electron chi connectivity index (χ4n) is 2.15. The predicted molar refractivity (Wildman–Crippen MR) is 74.0 cm³/mol. The Labute approximate surface area is 119 Å². The number of aryl methyl sites for hydroxylation is 2. The Bertz CT molecular complexity index is 603. The highest BCUT2D eigenvalue weighted by molar-refractivity contribution is 9.10. The normalized spacial score (nSPS) is 12.5. The van der Waals surface area contributed by atoms with Crippen molar-refractivity contribution in [2.45, 2.75) is 20.0 Å². The number of hydrogen-bond acceptors (Lipinski definition) is 1. The lowest BCUT2D eigenvalue weighted by Crippen LogP contribution is -2.06. The summed E-state index contributed by atoms with van der Waals surface area (Å²) in [6.45, 7) is 3.53. The van der Waals surface area contributed by atoms with Crippen LogP contribution < -0.4 is 0 Å². The number of aliphatic hydroxyl groups is 1. The van der Waals surface area contributed by atoms with Gasteiger partial charge in [-0.15, -0.1) is 0 Å². The van der Waals surface area contributed by atoms with Crippen molar-refractivity contribution in [3.8, 4) is 0 Å². The Hall–Kier alpha value is -1.26. The summed E-state index contributed by atoms with van der Waals surface area (Å²) in [5.41, 5.74) is 2.12. The Morgan fingerprint density at radius 1 is 1.11 bits per heavy atom. The molecule has 4 heteroatoms. The molecule has 1 N–H and O–H groups in total. The second kappa shape index (κ2) is 5.39. The predicted octanol–water partition coefficient (Wildman–Crippen LogP) is 4.43. The van der Waals surface area contributed by atoms with Crippen molar-refractivity contribution in [3.05, 3.63) is 68.7 Å². The van der Waals surface area contributed by atoms with E-state index >= 15 is 0 Å². The minimum absolute atomic E-state index is 0.220. The van der Waals surface area contributed by atoms with E-state index in [1.54, 1.807) is 19.9 Å². The Morgan fingerprint density at radius 2 is 1.79 bits per heavy atom. The van der Waals surface area contributed by atoms with Crippen molar-refractivity contribution in [1.29, 1.82) is 0 Å². The molecule has 0 heterocycles. The molecule has 1 nitrogen and oxygen atoms in total. The zero-order chi connectivity index (χ0) is 14.2. The molecule has 1 atom stereocenters. The molecule has 2 aromatic rings. The SMILES string of the molecule is Cc1cc(C)c(C(O)c2ccc(F)cc2Br)c(F)c1. The molecule has 0 spiro atoms. The zero-order valence-corrected chi connectivity index (χ0v) is 12.1. The third-order valence-electron chi connectivity index (χ3n) is 3.01. The highest BCUT2D eigenvalue weighted by atomic mass is 79.9. The van der Waals surface area contributed by atoms with E-state index in [0.29, 0.717) is 15.6 Å². The fraction of sp³-hybridized carbons (Fsp3) is 0.200. The minimum atomic E-state index is -1.13. The highest BCUT2D eigenvalue weighted by Crippen LogP contribution is 2.32. The van der Waals surface area contributed by atoms with E-state index in [-0.39, 0.29) is 5.56 Å². The van der Waals surface area contributed by atoms with Crippen molar-refractivity contribution in [3.63, 3.8) is 0 Å². The van der Waals surface area contributed by atoms with E-state index in [0.717, 1.165) is 5.56 Å². The van der Waals surface area contributed by atoms with Gasteiger partial charge in [-0.2, -0.15) is 0 Å². The van der Waals surface area contributed by atoms with Crippen LogP contribution in [0, 0.1) is 25.5 Å². The van der Waals surface area contributed by atoms with Crippen LogP contribution in [-0.2, 0) is 0 Å². The van der Waals surface area contributed by atoms with Gasteiger partial charge >= 0.3 is 0 Å². The number of rotatable bonds is 2. The summed E-state index contributed by atoms with van der Waals surface area (Å²) in [5.74, 6) is -0.870. The summed E-state index contributed by atoms with van der Waals surface area (Å²) in [4.78, 5) is 0. The molecule has 0 radical (unpaired) electrons. The highest BCUT2D eigenvalue weighted by Gasteiger charge is 2.20. The van der Waals surface area contributed by atoms with Crippen molar-refractivity contribution < 1.29 is 13.9 Å². The van der Waals surface area contributed by atoms with Crippen LogP contribution in [0.1, 0.15) is 28.4 Å². The molecule has 0 saturated heterocycles. The van der Waals surface area contributed by atoms with E-state index in [4.69, 9.17) is 0 Å². The molecule has 0 aliphatic rings. The molecular weight excluding hydrogens is 314 g/mol. The van der Waals surface area contributed by atoms with Crippen LogP contribution >= 0.6 is 15.9 Å². The van der Waals surface area contributed by atoms with Gasteiger partial charge in [-0.3, -0.25) is 0 Å². The zero-order valence-electron chi connectivity index (χ0n) is 10.5. The minimum Gasteiger partial charge on any atom is -0.383 e. The summed E-state index contributed by atoms with van der Waals surface area (Å²) in [6.07, 6.45) is -1.13. The van der Waals surface area contributed by atoms with E-state index < -0.39 is 17.7 Å². The quantitative estimate of drug-likeness (QED) is 0.865. The van der Waals surface area contributed by atoms with Crippen LogP contribution in [0.25, 0.3) is 0 Å². The second-order valence-corrected chi connectivity index (χ2v) is 5.40. The summed E-state index contributed by atoms with van der Waals surface area (Å²) >= 11 is 3.19. The standard InChI is InChI=1S/C15H13BrF2O/c1-8-5-9(2)14(13(18)6-8)15(19)11-4-3-10(17)7-12(11)16/h3-7,15,19H,1-2H3. The molecule has 0 fully saturated rings. The molecule has 1 unspecified atom stereocenters. The Morgan fingerprint density at radius 3 is 2.37 bits per heavy atom. The Balaban J connectivity index is 2.53. The number of benzene rings is 2. The van der Waals surface area contributed by atoms with Crippen LogP contribution in [0.3, 0.4) is 0 Å². The average molecular weight is 327 g/mol. The van der Waals surface area contributed by atoms with Crippen molar-refractivity contribution in [1.82, 2.24) is 0 Å². The van der Waals surface area contributed by atoms with Crippen LogP contribution in [-0.4, -0.2) is 5.11 Å². The molecule has 0 bridgehead atoms. The molecule has 0 saturated carbocycles. The van der Waals surface area contributed by atoms with Crippen molar-refractivity contribution in [2.75, 3.05) is 0 Å². The first kappa shape index (κ1) is 14.2. The molecule has 0 aromatic heterocycles. The molecule has 2 aromatic carbocycles. The summed E-state index contributed by atoms with van der Waals surface area (Å²) in [7, 11) is 0. The van der Waals surface area contributed by atoms with Crippen molar-refractivity contribution in [2.24, 2.45) is 0 Å². The monoisotopic (exact) mass is 326 g/mol. The van der Waals surface area contributed by atoms with Crippen LogP contribution in [0.2, 0.25) is 0 Å². The summed E-state index contributed by atoms with van der Waals surface area (Å²) in [5, 5.41) is 10.3. The third kappa shape index (κ3) is 2.85. The molecular formula is C15H13BrF2O. The largest absolute Gasteiger partial charge is 0.383 e. The maximum atomic E-state index is 14.0. The van der Waals surface area contributed by atoms with Crippen LogP contribution in [0.15, 0.2) is 34.8 Å². The third-order valence-corrected chi connectivity index (χ3v) is 3.70. The molecule has 19 heavy (non-hydrogen) atoms. The maximum absolute atomic E-state index is 14.0. The van der Waals surface area contributed by atoms with Gasteiger partial charge in [-0.1, -0.05) is 28.1 Å². The average Bonchev–Trinajstić information content (AvgIpc) is 2.26. The second-order valence-electron chi connectivity index (χ2n) is 4.55. The van der Waals surface area contributed by atoms with Gasteiger partial charge in [0.2, 0.25) is 0 Å². The topological polar surface area (TPSA) is 20.2 Å². The fourth-order valence-corrected chi connectivity index (χ4v) is 2.72. The van der Waals surface area contributed by atoms with Gasteiger partial charge in [-0.05, 0) is 48.7 Å². The molecule has 0 amide bonds. The lowest BCUT2D eigenvalue weighted by molar-refractivity contribution is 0.213. The summed E-state index contributed by atoms with van der Waals surface area (Å²) in [6, 6.07) is 7.12. The van der Waals surface area contributed by atoms with Gasteiger partial charge < -0.3 is 5.11 Å². The van der Waals surface area contributed by atoms with Gasteiger partial charge in [0.25, 0.3) is 0 Å². The van der Waals surface area contributed by atoms with E-state index in [1.807, 2.05) is 0 Å². The molecule has 2 rings (SSSR count). The number of aliphatic hydroxyl groups excluding tert-OH is 1. The number of hydrogen-bond donors (Lipinski definition) is 1. The van der Waals surface area contributed by atoms with E-state index in [9.17, 15) is 13.9 Å². The maximum Gasteiger partial charge on any atom is 0.129 e. The van der Waals surface area contributed by atoms with E-state index in [1.165, 1.54) is 24.3 Å². The van der Waals surface area contributed by atoms with Crippen LogP contribution in [0.4, 0.5) is 8.78 Å². The first-order valence-electron chi connectivity index (χ1n) is 5.80. The summed E-state index contributed by atoms with van der Waals surface area (Å²) < 4.78 is 27.5. The van der Waals surface area contributed by atoms with Crippen molar-refractivity contribution >= 4 is 15.9 Å². The number of halogens is 3. The lowest BCUT2D eigenvalue weighted by atomic mass is 9.95. The Kier molecular flexibility index (Phi) is 4.02. The van der Waals surface area contributed by atoms with Gasteiger partial charge in [0.15, 0.2) is 0 Å². The molecule has 0 aliphatic heterocycles. The van der Waals surface area contributed by atoms with Gasteiger partial charge in [-0.25, -0.2) is 8.78 Å². The lowest BCUT2D eigenvalue weighted by Gasteiger charge is -2.17. The van der Waals surface area contributed by atoms with Gasteiger partial charge in [0, 0.05) is 10.0 Å². The smallest absolute Gasteiger partial charge is 0.129 e. The van der Waals surface area contributed by atoms with Gasteiger partial charge in [0.1, 0.15) is 17.7 Å². The first-order chi connectivity index (χ1) is 8.90. The first-order valence-corrected chi connectivity index (χ1v) is 6.59. The van der Waals surface area contributed by atoms with Gasteiger partial charge in [0.05, 0.1) is 0 Å². The molecule has 0 aliphatic carbocycles. The molecule has 100 valence electrons. The van der Waals surface area contributed by atoms with Crippen LogP contribution in [0.5, 0.6) is 0 Å². The van der Waals surface area contributed by atoms with E-state index in [2.05, 4.69) is 15.9 Å².